The number of benzene rings is 1. The number of aromatic carboxylic acids is 1. The number of rotatable bonds is 2. The Kier molecular flexibility index (Phi) is 3.85. The number of carboxylic acid groups (broad SMARTS) is 1. The van der Waals surface area contributed by atoms with Crippen LogP contribution >= 0.6 is 0 Å². The van der Waals surface area contributed by atoms with Gasteiger partial charge in [0.05, 0.1) is 22.8 Å². The fourth-order valence-electron chi connectivity index (χ4n) is 2.18. The average molecular weight is 302 g/mol. The predicted molar refractivity (Wildman–Crippen MR) is 73.3 cm³/mol. The van der Waals surface area contributed by atoms with Crippen molar-refractivity contribution in [1.29, 1.82) is 0 Å². The highest BCUT2D eigenvalue weighted by molar-refractivity contribution is 7.91. The molecule has 1 fully saturated rings. The first-order valence-corrected chi connectivity index (χ1v) is 7.90. The van der Waals surface area contributed by atoms with Crippen LogP contribution in [0.1, 0.15) is 16.8 Å². The molecule has 0 aliphatic carbocycles. The van der Waals surface area contributed by atoms with Gasteiger partial charge in [0.15, 0.2) is 9.84 Å². The Bertz CT molecular complexity index is 645. The summed E-state index contributed by atoms with van der Waals surface area (Å²) in [7, 11) is -3.11. The standard InChI is InChI=1S/C12H15FN2O4S/c13-9-7-10(14)8(12(16)17)6-11(9)15-2-1-4-20(18,19)5-3-15/h6-7H,1-5,14H2,(H,16,17). The van der Waals surface area contributed by atoms with Gasteiger partial charge < -0.3 is 15.7 Å². The van der Waals surface area contributed by atoms with E-state index in [1.807, 2.05) is 0 Å². The third-order valence-electron chi connectivity index (χ3n) is 3.25. The van der Waals surface area contributed by atoms with Crippen LogP contribution in [0.2, 0.25) is 0 Å². The molecule has 110 valence electrons. The number of halogens is 1. The largest absolute Gasteiger partial charge is 0.478 e. The van der Waals surface area contributed by atoms with Gasteiger partial charge in [-0.2, -0.15) is 0 Å². The van der Waals surface area contributed by atoms with Crippen molar-refractivity contribution in [3.63, 3.8) is 0 Å². The maximum Gasteiger partial charge on any atom is 0.337 e. The van der Waals surface area contributed by atoms with E-state index in [-0.39, 0.29) is 35.0 Å². The number of nitrogens with two attached hydrogens (primary N) is 1. The Balaban J connectivity index is 2.37. The summed E-state index contributed by atoms with van der Waals surface area (Å²) in [4.78, 5) is 12.6. The minimum atomic E-state index is -3.11. The first-order valence-electron chi connectivity index (χ1n) is 6.08. The second kappa shape index (κ2) is 5.28. The summed E-state index contributed by atoms with van der Waals surface area (Å²) in [5.74, 6) is -1.90. The number of carbonyl (C=O) groups is 1. The van der Waals surface area contributed by atoms with E-state index < -0.39 is 21.6 Å². The molecule has 6 nitrogen and oxygen atoms in total. The van der Waals surface area contributed by atoms with Crippen LogP contribution in [0.5, 0.6) is 0 Å². The van der Waals surface area contributed by atoms with Crippen molar-refractivity contribution in [2.45, 2.75) is 6.42 Å². The van der Waals surface area contributed by atoms with E-state index in [2.05, 4.69) is 0 Å². The maximum absolute atomic E-state index is 13.9. The number of carboxylic acids is 1. The first-order chi connectivity index (χ1) is 9.30. The van der Waals surface area contributed by atoms with Gasteiger partial charge in [0, 0.05) is 18.8 Å². The fraction of sp³-hybridized carbons (Fsp3) is 0.417. The lowest BCUT2D eigenvalue weighted by Gasteiger charge is -2.23. The van der Waals surface area contributed by atoms with Crippen LogP contribution in [-0.4, -0.2) is 44.1 Å². The van der Waals surface area contributed by atoms with Gasteiger partial charge >= 0.3 is 5.97 Å². The molecule has 3 N–H and O–H groups in total. The van der Waals surface area contributed by atoms with Crippen LogP contribution < -0.4 is 10.6 Å². The minimum absolute atomic E-state index is 0.0614. The van der Waals surface area contributed by atoms with Gasteiger partial charge in [-0.05, 0) is 18.6 Å². The summed E-state index contributed by atoms with van der Waals surface area (Å²) in [5.41, 5.74) is 5.20. The SMILES string of the molecule is Nc1cc(F)c(N2CCCS(=O)(=O)CC2)cc1C(=O)O. The second-order valence-corrected chi connectivity index (χ2v) is 6.99. The Morgan fingerprint density at radius 3 is 2.65 bits per heavy atom. The maximum atomic E-state index is 13.9. The van der Waals surface area contributed by atoms with Gasteiger partial charge in [-0.3, -0.25) is 0 Å². The van der Waals surface area contributed by atoms with Gasteiger partial charge in [-0.25, -0.2) is 17.6 Å². The molecule has 0 bridgehead atoms. The van der Waals surface area contributed by atoms with Gasteiger partial charge in [0.1, 0.15) is 5.82 Å². The van der Waals surface area contributed by atoms with Crippen LogP contribution in [-0.2, 0) is 9.84 Å². The van der Waals surface area contributed by atoms with Crippen molar-refractivity contribution in [2.75, 3.05) is 35.2 Å². The summed E-state index contributed by atoms with van der Waals surface area (Å²) in [5, 5.41) is 9.00. The Hall–Kier alpha value is -1.83. The molecule has 0 unspecified atom stereocenters. The molecule has 2 rings (SSSR count). The Morgan fingerprint density at radius 2 is 2.00 bits per heavy atom. The Morgan fingerprint density at radius 1 is 1.30 bits per heavy atom. The van der Waals surface area contributed by atoms with Crippen LogP contribution in [0.3, 0.4) is 0 Å². The van der Waals surface area contributed by atoms with E-state index in [0.717, 1.165) is 12.1 Å². The molecular formula is C12H15FN2O4S. The molecule has 0 radical (unpaired) electrons. The van der Waals surface area contributed by atoms with Gasteiger partial charge in [0.2, 0.25) is 0 Å². The van der Waals surface area contributed by atoms with Crippen molar-refractivity contribution in [1.82, 2.24) is 0 Å². The van der Waals surface area contributed by atoms with E-state index in [1.165, 1.54) is 0 Å². The molecule has 0 amide bonds. The molecule has 20 heavy (non-hydrogen) atoms. The van der Waals surface area contributed by atoms with Crippen molar-refractivity contribution < 1.29 is 22.7 Å². The summed E-state index contributed by atoms with van der Waals surface area (Å²) >= 11 is 0. The average Bonchev–Trinajstić information content (AvgIpc) is 2.50. The van der Waals surface area contributed by atoms with E-state index >= 15 is 0 Å². The third-order valence-corrected chi connectivity index (χ3v) is 4.96. The van der Waals surface area contributed by atoms with E-state index in [0.29, 0.717) is 13.0 Å². The van der Waals surface area contributed by atoms with E-state index in [9.17, 15) is 17.6 Å². The monoisotopic (exact) mass is 302 g/mol. The lowest BCUT2D eigenvalue weighted by atomic mass is 10.1. The second-order valence-electron chi connectivity index (χ2n) is 4.69. The van der Waals surface area contributed by atoms with E-state index in [4.69, 9.17) is 10.8 Å². The van der Waals surface area contributed by atoms with Crippen molar-refractivity contribution >= 4 is 27.2 Å². The molecule has 0 aromatic heterocycles. The third kappa shape index (κ3) is 3.01. The molecule has 1 heterocycles. The lowest BCUT2D eigenvalue weighted by molar-refractivity contribution is 0.0698. The number of hydrogen-bond acceptors (Lipinski definition) is 5. The predicted octanol–water partition coefficient (Wildman–Crippen LogP) is 0.731. The summed E-state index contributed by atoms with van der Waals surface area (Å²) < 4.78 is 37.0. The number of nitrogens with zero attached hydrogens (tertiary/aromatic N) is 1. The number of anilines is 2. The van der Waals surface area contributed by atoms with Crippen molar-refractivity contribution in [2.24, 2.45) is 0 Å². The number of nitrogen functional groups attached to an aromatic ring is 1. The normalized spacial score (nSPS) is 18.6. The zero-order valence-electron chi connectivity index (χ0n) is 10.7. The number of hydrogen-bond donors (Lipinski definition) is 2. The topological polar surface area (TPSA) is 101 Å². The van der Waals surface area contributed by atoms with Crippen LogP contribution in [0.4, 0.5) is 15.8 Å². The molecular weight excluding hydrogens is 287 g/mol. The fourth-order valence-corrected chi connectivity index (χ4v) is 3.46. The molecule has 1 aromatic rings. The highest BCUT2D eigenvalue weighted by Crippen LogP contribution is 2.26. The van der Waals surface area contributed by atoms with Crippen LogP contribution in [0, 0.1) is 5.82 Å². The zero-order chi connectivity index (χ0) is 14.9. The summed E-state index contributed by atoms with van der Waals surface area (Å²) in [6.45, 7) is 0.501. The molecule has 1 aliphatic heterocycles. The van der Waals surface area contributed by atoms with Crippen molar-refractivity contribution in [3.8, 4) is 0 Å². The lowest BCUT2D eigenvalue weighted by Crippen LogP contribution is -2.28. The molecule has 1 aromatic carbocycles. The first kappa shape index (κ1) is 14.6. The number of sulfone groups is 1. The molecule has 0 spiro atoms. The quantitative estimate of drug-likeness (QED) is 0.781. The molecule has 8 heteroatoms. The molecule has 1 saturated heterocycles. The molecule has 0 saturated carbocycles. The van der Waals surface area contributed by atoms with E-state index in [1.54, 1.807) is 4.90 Å². The van der Waals surface area contributed by atoms with Crippen molar-refractivity contribution in [3.05, 3.63) is 23.5 Å². The highest BCUT2D eigenvalue weighted by atomic mass is 32.2. The highest BCUT2D eigenvalue weighted by Gasteiger charge is 2.23. The zero-order valence-corrected chi connectivity index (χ0v) is 11.5. The van der Waals surface area contributed by atoms with Gasteiger partial charge in [-0.15, -0.1) is 0 Å². The molecule has 0 atom stereocenters. The smallest absolute Gasteiger partial charge is 0.337 e. The minimum Gasteiger partial charge on any atom is -0.478 e. The van der Waals surface area contributed by atoms with Gasteiger partial charge in [0.25, 0.3) is 0 Å². The van der Waals surface area contributed by atoms with Crippen LogP contribution in [0.15, 0.2) is 12.1 Å². The van der Waals surface area contributed by atoms with Gasteiger partial charge in [-0.1, -0.05) is 0 Å². The summed E-state index contributed by atoms with van der Waals surface area (Å²) in [6.07, 6.45) is 0.383. The van der Waals surface area contributed by atoms with Crippen LogP contribution in [0.25, 0.3) is 0 Å². The summed E-state index contributed by atoms with van der Waals surface area (Å²) in [6, 6.07) is 2.11. The molecule has 1 aliphatic rings. The Labute approximate surface area is 115 Å².